The van der Waals surface area contributed by atoms with Gasteiger partial charge in [0.1, 0.15) is 0 Å². The van der Waals surface area contributed by atoms with Crippen molar-refractivity contribution in [1.82, 2.24) is 5.32 Å². The van der Waals surface area contributed by atoms with Gasteiger partial charge in [0, 0.05) is 30.8 Å². The zero-order chi connectivity index (χ0) is 23.4. The number of carbonyl (C=O) groups is 3. The van der Waals surface area contributed by atoms with E-state index in [9.17, 15) is 14.4 Å². The van der Waals surface area contributed by atoms with Gasteiger partial charge in [-0.3, -0.25) is 9.59 Å². The highest BCUT2D eigenvalue weighted by Crippen LogP contribution is 2.40. The van der Waals surface area contributed by atoms with E-state index in [-0.39, 0.29) is 30.0 Å². The number of carbonyl (C=O) groups excluding carboxylic acids is 3. The van der Waals surface area contributed by atoms with E-state index in [1.54, 1.807) is 25.7 Å². The standard InChI is InChI=1S/C25H31N3O4/c1-6-24(30)26-20-9-7-8-18(13-20)19-10-11-23-21(14-19)22(27-25(31)32-15(2)3)12-16(4)28(23)17(5)29/h7-11,13-16,22H,6,12H2,1-5H3,(H,26,30)(H,27,31)/t16-,22+/m0/s1. The van der Waals surface area contributed by atoms with Crippen LogP contribution in [0.1, 0.15) is 59.1 Å². The van der Waals surface area contributed by atoms with Crippen LogP contribution in [0.5, 0.6) is 0 Å². The molecule has 32 heavy (non-hydrogen) atoms. The van der Waals surface area contributed by atoms with Crippen molar-refractivity contribution in [3.63, 3.8) is 0 Å². The monoisotopic (exact) mass is 437 g/mol. The Kier molecular flexibility index (Phi) is 7.18. The number of alkyl carbamates (subject to hydrolysis) is 1. The molecule has 0 saturated carbocycles. The number of nitrogens with one attached hydrogen (secondary N) is 2. The summed E-state index contributed by atoms with van der Waals surface area (Å²) < 4.78 is 5.28. The maximum Gasteiger partial charge on any atom is 0.407 e. The van der Waals surface area contributed by atoms with Gasteiger partial charge in [-0.25, -0.2) is 4.79 Å². The van der Waals surface area contributed by atoms with Crippen LogP contribution in [0.25, 0.3) is 11.1 Å². The van der Waals surface area contributed by atoms with Gasteiger partial charge in [0.15, 0.2) is 0 Å². The van der Waals surface area contributed by atoms with Crippen LogP contribution in [-0.2, 0) is 14.3 Å². The molecule has 0 aromatic heterocycles. The normalized spacial score (nSPS) is 17.5. The van der Waals surface area contributed by atoms with E-state index in [0.717, 1.165) is 28.1 Å². The SMILES string of the molecule is CCC(=O)Nc1cccc(-c2ccc3c(c2)[C@H](NC(=O)OC(C)C)C[C@H](C)N3C(C)=O)c1. The Labute approximate surface area is 189 Å². The molecule has 0 unspecified atom stereocenters. The molecule has 2 aromatic rings. The summed E-state index contributed by atoms with van der Waals surface area (Å²) in [5.41, 5.74) is 4.22. The summed E-state index contributed by atoms with van der Waals surface area (Å²) in [6.07, 6.45) is 0.281. The van der Waals surface area contributed by atoms with Crippen LogP contribution < -0.4 is 15.5 Å². The summed E-state index contributed by atoms with van der Waals surface area (Å²) >= 11 is 0. The summed E-state index contributed by atoms with van der Waals surface area (Å²) in [5, 5.41) is 5.84. The summed E-state index contributed by atoms with van der Waals surface area (Å²) in [7, 11) is 0. The van der Waals surface area contributed by atoms with Gasteiger partial charge in [0.25, 0.3) is 0 Å². The highest BCUT2D eigenvalue weighted by molar-refractivity contribution is 5.95. The number of nitrogens with zero attached hydrogens (tertiary/aromatic N) is 1. The number of fused-ring (bicyclic) bond motifs is 1. The van der Waals surface area contributed by atoms with Gasteiger partial charge >= 0.3 is 6.09 Å². The quantitative estimate of drug-likeness (QED) is 0.687. The number of hydrogen-bond acceptors (Lipinski definition) is 4. The summed E-state index contributed by atoms with van der Waals surface area (Å²) in [4.78, 5) is 38.2. The third-order valence-corrected chi connectivity index (χ3v) is 5.45. The van der Waals surface area contributed by atoms with E-state index >= 15 is 0 Å². The molecule has 7 heteroatoms. The fraction of sp³-hybridized carbons (Fsp3) is 0.400. The first-order valence-corrected chi connectivity index (χ1v) is 11.0. The van der Waals surface area contributed by atoms with Crippen LogP contribution in [0.15, 0.2) is 42.5 Å². The second-order valence-corrected chi connectivity index (χ2v) is 8.38. The molecule has 0 radical (unpaired) electrons. The first kappa shape index (κ1) is 23.3. The molecule has 1 aliphatic heterocycles. The second-order valence-electron chi connectivity index (χ2n) is 8.38. The molecule has 0 fully saturated rings. The molecule has 2 N–H and O–H groups in total. The van der Waals surface area contributed by atoms with Crippen molar-refractivity contribution in [2.24, 2.45) is 0 Å². The van der Waals surface area contributed by atoms with Crippen LogP contribution in [0.2, 0.25) is 0 Å². The molecule has 0 bridgehead atoms. The van der Waals surface area contributed by atoms with Crippen LogP contribution in [0, 0.1) is 0 Å². The first-order valence-electron chi connectivity index (χ1n) is 11.0. The molecular formula is C25H31N3O4. The minimum atomic E-state index is -0.478. The molecule has 3 rings (SSSR count). The van der Waals surface area contributed by atoms with E-state index in [0.29, 0.717) is 12.8 Å². The van der Waals surface area contributed by atoms with Crippen LogP contribution in [0.4, 0.5) is 16.2 Å². The molecule has 2 aromatic carbocycles. The number of hydrogen-bond donors (Lipinski definition) is 2. The lowest BCUT2D eigenvalue weighted by Crippen LogP contribution is -2.45. The van der Waals surface area contributed by atoms with E-state index in [1.807, 2.05) is 56.3 Å². The molecule has 1 heterocycles. The Bertz CT molecular complexity index is 1020. The van der Waals surface area contributed by atoms with Crippen LogP contribution in [0.3, 0.4) is 0 Å². The third kappa shape index (κ3) is 5.28. The zero-order valence-electron chi connectivity index (χ0n) is 19.3. The Balaban J connectivity index is 2.00. The minimum absolute atomic E-state index is 0.0426. The minimum Gasteiger partial charge on any atom is -0.447 e. The van der Waals surface area contributed by atoms with Crippen molar-refractivity contribution in [1.29, 1.82) is 0 Å². The van der Waals surface area contributed by atoms with Gasteiger partial charge in [0.05, 0.1) is 12.1 Å². The highest BCUT2D eigenvalue weighted by Gasteiger charge is 2.33. The van der Waals surface area contributed by atoms with Crippen molar-refractivity contribution in [3.8, 4) is 11.1 Å². The molecule has 2 atom stereocenters. The lowest BCUT2D eigenvalue weighted by atomic mass is 9.89. The number of anilines is 2. The third-order valence-electron chi connectivity index (χ3n) is 5.45. The molecule has 3 amide bonds. The van der Waals surface area contributed by atoms with Gasteiger partial charge in [-0.1, -0.05) is 25.1 Å². The van der Waals surface area contributed by atoms with Gasteiger partial charge in [-0.05, 0) is 68.1 Å². The van der Waals surface area contributed by atoms with Gasteiger partial charge < -0.3 is 20.3 Å². The van der Waals surface area contributed by atoms with E-state index in [2.05, 4.69) is 10.6 Å². The number of ether oxygens (including phenoxy) is 1. The number of amides is 3. The molecule has 1 aliphatic rings. The predicted molar refractivity (Wildman–Crippen MR) is 126 cm³/mol. The summed E-state index contributed by atoms with van der Waals surface area (Å²) in [5.74, 6) is -0.0920. The average Bonchev–Trinajstić information content (AvgIpc) is 2.72. The fourth-order valence-corrected chi connectivity index (χ4v) is 4.08. The molecular weight excluding hydrogens is 406 g/mol. The fourth-order valence-electron chi connectivity index (χ4n) is 4.08. The maximum atomic E-state index is 12.4. The number of rotatable bonds is 5. The van der Waals surface area contributed by atoms with E-state index in [4.69, 9.17) is 4.74 Å². The Morgan fingerprint density at radius 3 is 2.50 bits per heavy atom. The van der Waals surface area contributed by atoms with Crippen LogP contribution in [-0.4, -0.2) is 30.1 Å². The Morgan fingerprint density at radius 2 is 1.84 bits per heavy atom. The van der Waals surface area contributed by atoms with Crippen molar-refractivity contribution in [2.75, 3.05) is 10.2 Å². The van der Waals surface area contributed by atoms with E-state index < -0.39 is 6.09 Å². The number of benzene rings is 2. The topological polar surface area (TPSA) is 87.7 Å². The predicted octanol–water partition coefficient (Wildman–Crippen LogP) is 5.02. The van der Waals surface area contributed by atoms with Gasteiger partial charge in [-0.2, -0.15) is 0 Å². The lowest BCUT2D eigenvalue weighted by Gasteiger charge is -2.39. The Morgan fingerprint density at radius 1 is 1.12 bits per heavy atom. The van der Waals surface area contributed by atoms with Crippen molar-refractivity contribution >= 4 is 29.3 Å². The molecule has 0 spiro atoms. The van der Waals surface area contributed by atoms with Gasteiger partial charge in [-0.15, -0.1) is 0 Å². The zero-order valence-corrected chi connectivity index (χ0v) is 19.3. The first-order chi connectivity index (χ1) is 15.2. The van der Waals surface area contributed by atoms with E-state index in [1.165, 1.54) is 0 Å². The molecule has 170 valence electrons. The van der Waals surface area contributed by atoms with Crippen molar-refractivity contribution in [2.45, 2.75) is 65.6 Å². The molecule has 0 aliphatic carbocycles. The Hall–Kier alpha value is -3.35. The second kappa shape index (κ2) is 9.85. The van der Waals surface area contributed by atoms with Crippen LogP contribution >= 0.6 is 0 Å². The largest absolute Gasteiger partial charge is 0.447 e. The molecule has 0 saturated heterocycles. The summed E-state index contributed by atoms with van der Waals surface area (Å²) in [6.45, 7) is 8.94. The highest BCUT2D eigenvalue weighted by atomic mass is 16.6. The summed E-state index contributed by atoms with van der Waals surface area (Å²) in [6, 6.07) is 13.1. The maximum absolute atomic E-state index is 12.4. The van der Waals surface area contributed by atoms with Crippen molar-refractivity contribution in [3.05, 3.63) is 48.0 Å². The molecule has 7 nitrogen and oxygen atoms in total. The smallest absolute Gasteiger partial charge is 0.407 e. The van der Waals surface area contributed by atoms with Crippen molar-refractivity contribution < 1.29 is 19.1 Å². The average molecular weight is 438 g/mol. The lowest BCUT2D eigenvalue weighted by molar-refractivity contribution is -0.117. The van der Waals surface area contributed by atoms with Gasteiger partial charge in [0.2, 0.25) is 11.8 Å².